The minimum atomic E-state index is -0.713. The van der Waals surface area contributed by atoms with Gasteiger partial charge in [-0.1, -0.05) is 26.2 Å². The van der Waals surface area contributed by atoms with E-state index in [9.17, 15) is 19.2 Å². The molecule has 2 N–H and O–H groups in total. The molecule has 0 atom stereocenters. The second kappa shape index (κ2) is 11.8. The van der Waals surface area contributed by atoms with Crippen molar-refractivity contribution in [1.29, 1.82) is 0 Å². The molecule has 9 nitrogen and oxygen atoms in total. The van der Waals surface area contributed by atoms with Gasteiger partial charge in [0.15, 0.2) is 0 Å². The molecular weight excluding hydrogens is 388 g/mol. The molecule has 4 amide bonds. The Morgan fingerprint density at radius 2 is 1.60 bits per heavy atom. The summed E-state index contributed by atoms with van der Waals surface area (Å²) >= 11 is 0. The minimum Gasteiger partial charge on any atom is -0.494 e. The van der Waals surface area contributed by atoms with Gasteiger partial charge in [-0.3, -0.25) is 30.0 Å². The van der Waals surface area contributed by atoms with Gasteiger partial charge < -0.3 is 14.5 Å². The minimum absolute atomic E-state index is 0.277. The highest BCUT2D eigenvalue weighted by molar-refractivity contribution is 6.35. The smallest absolute Gasteiger partial charge is 0.312 e. The second-order valence-corrected chi connectivity index (χ2v) is 7.05. The number of hydrogen-bond acceptors (Lipinski definition) is 5. The first-order valence-corrected chi connectivity index (χ1v) is 10.4. The van der Waals surface area contributed by atoms with Crippen LogP contribution in [0.15, 0.2) is 24.3 Å². The molecule has 164 valence electrons. The number of amides is 4. The van der Waals surface area contributed by atoms with Gasteiger partial charge in [0.25, 0.3) is 11.8 Å². The Morgan fingerprint density at radius 1 is 0.933 bits per heavy atom. The average Bonchev–Trinajstić information content (AvgIpc) is 2.76. The molecule has 0 bridgehead atoms. The Bertz CT molecular complexity index is 750. The predicted octanol–water partition coefficient (Wildman–Crippen LogP) is 1.10. The molecule has 30 heavy (non-hydrogen) atoms. The summed E-state index contributed by atoms with van der Waals surface area (Å²) in [6.07, 6.45) is 4.48. The third-order valence-electron chi connectivity index (χ3n) is 4.81. The van der Waals surface area contributed by atoms with Crippen molar-refractivity contribution in [3.8, 4) is 5.75 Å². The van der Waals surface area contributed by atoms with E-state index in [0.29, 0.717) is 31.0 Å². The zero-order chi connectivity index (χ0) is 21.9. The first-order valence-electron chi connectivity index (χ1n) is 10.4. The van der Waals surface area contributed by atoms with E-state index < -0.39 is 23.6 Å². The first-order chi connectivity index (χ1) is 14.5. The molecule has 1 aliphatic heterocycles. The summed E-state index contributed by atoms with van der Waals surface area (Å²) in [7, 11) is 0. The lowest BCUT2D eigenvalue weighted by atomic mass is 10.2. The van der Waals surface area contributed by atoms with Crippen molar-refractivity contribution in [2.45, 2.75) is 39.5 Å². The maximum absolute atomic E-state index is 12.2. The van der Waals surface area contributed by atoms with E-state index in [1.165, 1.54) is 22.6 Å². The lowest BCUT2D eigenvalue weighted by Gasteiger charge is -2.32. The summed E-state index contributed by atoms with van der Waals surface area (Å²) in [6, 6.07) is 6.62. The highest BCUT2D eigenvalue weighted by atomic mass is 16.5. The number of piperazine rings is 1. The van der Waals surface area contributed by atoms with Crippen LogP contribution in [-0.2, 0) is 14.4 Å². The fourth-order valence-electron chi connectivity index (χ4n) is 3.00. The number of nitrogens with one attached hydrogen (secondary N) is 2. The van der Waals surface area contributed by atoms with Crippen LogP contribution in [0.4, 0.5) is 0 Å². The number of benzene rings is 1. The number of hydrogen-bond donors (Lipinski definition) is 2. The second-order valence-electron chi connectivity index (χ2n) is 7.05. The molecular formula is C21H30N4O5. The van der Waals surface area contributed by atoms with Crippen LogP contribution in [0.25, 0.3) is 0 Å². The molecule has 2 rings (SSSR count). The number of rotatable bonds is 10. The van der Waals surface area contributed by atoms with Crippen molar-refractivity contribution < 1.29 is 23.9 Å². The molecule has 0 aromatic heterocycles. The summed E-state index contributed by atoms with van der Waals surface area (Å²) in [6.45, 7) is 5.38. The van der Waals surface area contributed by atoms with Gasteiger partial charge in [-0.05, 0) is 37.6 Å². The highest BCUT2D eigenvalue weighted by Gasteiger charge is 2.32. The summed E-state index contributed by atoms with van der Waals surface area (Å²) in [5, 5.41) is 0. The van der Waals surface area contributed by atoms with Gasteiger partial charge >= 0.3 is 11.8 Å². The van der Waals surface area contributed by atoms with Crippen molar-refractivity contribution in [2.24, 2.45) is 0 Å². The molecule has 0 radical (unpaired) electrons. The molecule has 1 fully saturated rings. The van der Waals surface area contributed by atoms with E-state index in [2.05, 4.69) is 17.8 Å². The van der Waals surface area contributed by atoms with Crippen molar-refractivity contribution in [2.75, 3.05) is 32.8 Å². The maximum atomic E-state index is 12.2. The van der Waals surface area contributed by atoms with Gasteiger partial charge in [-0.15, -0.1) is 0 Å². The Kier molecular flexibility index (Phi) is 9.11. The highest BCUT2D eigenvalue weighted by Crippen LogP contribution is 2.13. The van der Waals surface area contributed by atoms with Crippen LogP contribution in [-0.4, -0.2) is 66.2 Å². The van der Waals surface area contributed by atoms with E-state index in [1.807, 2.05) is 0 Å². The Labute approximate surface area is 176 Å². The number of unbranched alkanes of at least 4 members (excludes halogenated alkanes) is 3. The van der Waals surface area contributed by atoms with Crippen LogP contribution in [0, 0.1) is 0 Å². The van der Waals surface area contributed by atoms with Gasteiger partial charge in [0.1, 0.15) is 12.3 Å². The lowest BCUT2D eigenvalue weighted by molar-refractivity contribution is -0.156. The molecule has 0 spiro atoms. The molecule has 1 aromatic carbocycles. The average molecular weight is 418 g/mol. The van der Waals surface area contributed by atoms with Gasteiger partial charge in [-0.25, -0.2) is 0 Å². The van der Waals surface area contributed by atoms with E-state index in [-0.39, 0.29) is 13.1 Å². The standard InChI is InChI=1S/C21H30N4O5/c1-3-5-6-7-14-30-17-10-8-16(9-11-17)19(27)23-22-18(26)15-25-13-12-24(4-2)20(28)21(25)29/h8-11H,3-7,12-15H2,1-2H3,(H,22,26)(H,23,27). The molecule has 0 aliphatic carbocycles. The zero-order valence-electron chi connectivity index (χ0n) is 17.6. The van der Waals surface area contributed by atoms with Gasteiger partial charge in [0.05, 0.1) is 6.61 Å². The fourth-order valence-corrected chi connectivity index (χ4v) is 3.00. The van der Waals surface area contributed by atoms with E-state index in [1.54, 1.807) is 31.2 Å². The number of hydrazine groups is 1. The van der Waals surface area contributed by atoms with E-state index in [4.69, 9.17) is 4.74 Å². The number of ether oxygens (including phenoxy) is 1. The van der Waals surface area contributed by atoms with E-state index >= 15 is 0 Å². The van der Waals surface area contributed by atoms with Crippen LogP contribution >= 0.6 is 0 Å². The quantitative estimate of drug-likeness (QED) is 0.336. The summed E-state index contributed by atoms with van der Waals surface area (Å²) in [5.41, 5.74) is 4.93. The monoisotopic (exact) mass is 418 g/mol. The van der Waals surface area contributed by atoms with Gasteiger partial charge in [0, 0.05) is 25.2 Å². The van der Waals surface area contributed by atoms with Crippen molar-refractivity contribution in [3.63, 3.8) is 0 Å². The number of carbonyl (C=O) groups excluding carboxylic acids is 4. The van der Waals surface area contributed by atoms with Crippen LogP contribution in [0.5, 0.6) is 5.75 Å². The van der Waals surface area contributed by atoms with Crippen molar-refractivity contribution in [1.82, 2.24) is 20.7 Å². The molecule has 1 saturated heterocycles. The normalized spacial score (nSPS) is 13.9. The van der Waals surface area contributed by atoms with E-state index in [0.717, 1.165) is 12.8 Å². The van der Waals surface area contributed by atoms with Crippen LogP contribution in [0.2, 0.25) is 0 Å². The number of likely N-dealkylation sites (N-methyl/N-ethyl adjacent to an activating group) is 1. The third-order valence-corrected chi connectivity index (χ3v) is 4.81. The SMILES string of the molecule is CCCCCCOc1ccc(C(=O)NNC(=O)CN2CCN(CC)C(=O)C2=O)cc1. The van der Waals surface area contributed by atoms with Crippen molar-refractivity contribution in [3.05, 3.63) is 29.8 Å². The zero-order valence-corrected chi connectivity index (χ0v) is 17.6. The molecule has 0 saturated carbocycles. The molecule has 9 heteroatoms. The molecule has 1 aliphatic rings. The Balaban J connectivity index is 1.74. The topological polar surface area (TPSA) is 108 Å². The predicted molar refractivity (Wildman–Crippen MR) is 111 cm³/mol. The fraction of sp³-hybridized carbons (Fsp3) is 0.524. The summed E-state index contributed by atoms with van der Waals surface area (Å²) in [5.74, 6) is -1.72. The number of carbonyl (C=O) groups is 4. The summed E-state index contributed by atoms with van der Waals surface area (Å²) in [4.78, 5) is 50.7. The van der Waals surface area contributed by atoms with Crippen LogP contribution < -0.4 is 15.6 Å². The van der Waals surface area contributed by atoms with Crippen LogP contribution in [0.1, 0.15) is 49.9 Å². The lowest BCUT2D eigenvalue weighted by Crippen LogP contribution is -2.57. The van der Waals surface area contributed by atoms with Gasteiger partial charge in [0.2, 0.25) is 0 Å². The number of nitrogens with zero attached hydrogens (tertiary/aromatic N) is 2. The van der Waals surface area contributed by atoms with Crippen molar-refractivity contribution >= 4 is 23.6 Å². The maximum Gasteiger partial charge on any atom is 0.312 e. The summed E-state index contributed by atoms with van der Waals surface area (Å²) < 4.78 is 5.63. The molecule has 0 unspecified atom stereocenters. The third kappa shape index (κ3) is 6.75. The molecule has 1 aromatic rings. The Morgan fingerprint density at radius 3 is 2.27 bits per heavy atom. The first kappa shape index (κ1) is 23.2. The largest absolute Gasteiger partial charge is 0.494 e. The van der Waals surface area contributed by atoms with Gasteiger partial charge in [-0.2, -0.15) is 0 Å². The molecule has 1 heterocycles. The Hall–Kier alpha value is -3.10. The van der Waals surface area contributed by atoms with Crippen LogP contribution in [0.3, 0.4) is 0 Å².